The Kier molecular flexibility index (Phi) is 3.96. The van der Waals surface area contributed by atoms with E-state index in [0.29, 0.717) is 5.56 Å². The van der Waals surface area contributed by atoms with Crippen LogP contribution in [0.4, 0.5) is 14.5 Å². The van der Waals surface area contributed by atoms with Gasteiger partial charge in [-0.1, -0.05) is 17.7 Å². The molecule has 0 aliphatic heterocycles. The number of hydrogen-bond donors (Lipinski definition) is 1. The number of hydrogen-bond acceptors (Lipinski definition) is 2. The van der Waals surface area contributed by atoms with Crippen LogP contribution in [-0.2, 0) is 10.0 Å². The van der Waals surface area contributed by atoms with Crippen LogP contribution in [0.3, 0.4) is 0 Å². The summed E-state index contributed by atoms with van der Waals surface area (Å²) < 4.78 is 51.0. The summed E-state index contributed by atoms with van der Waals surface area (Å²) in [6.45, 7) is 0. The second-order valence-electron chi connectivity index (χ2n) is 4.19. The largest absolute Gasteiger partial charge is 0.284 e. The molecule has 0 amide bonds. The number of halogens is 3. The Labute approximate surface area is 120 Å². The highest BCUT2D eigenvalue weighted by Crippen LogP contribution is 2.32. The number of rotatable bonds is 3. The van der Waals surface area contributed by atoms with Crippen LogP contribution in [0, 0.1) is 11.6 Å². The summed E-state index contributed by atoms with van der Waals surface area (Å²) in [5.41, 5.74) is 0.759. The molecule has 3 nitrogen and oxygen atoms in total. The lowest BCUT2D eigenvalue weighted by atomic mass is 10.0. The summed E-state index contributed by atoms with van der Waals surface area (Å²) in [4.78, 5) is 0. The predicted octanol–water partition coefficient (Wildman–Crippen LogP) is 3.66. The van der Waals surface area contributed by atoms with Crippen molar-refractivity contribution in [3.8, 4) is 11.1 Å². The van der Waals surface area contributed by atoms with Gasteiger partial charge in [0.1, 0.15) is 11.6 Å². The van der Waals surface area contributed by atoms with Crippen LogP contribution in [0.1, 0.15) is 0 Å². The topological polar surface area (TPSA) is 46.2 Å². The first-order valence-electron chi connectivity index (χ1n) is 5.49. The SMILES string of the molecule is CS(=O)(=O)Nc1ccc(-c2ccc(F)cc2F)c(Cl)c1. The molecule has 0 unspecified atom stereocenters. The van der Waals surface area contributed by atoms with Gasteiger partial charge in [-0.2, -0.15) is 0 Å². The lowest BCUT2D eigenvalue weighted by molar-refractivity contribution is 0.585. The van der Waals surface area contributed by atoms with Crippen LogP contribution in [0.25, 0.3) is 11.1 Å². The fourth-order valence-electron chi connectivity index (χ4n) is 1.72. The first-order chi connectivity index (χ1) is 9.26. The van der Waals surface area contributed by atoms with Crippen molar-refractivity contribution in [2.75, 3.05) is 11.0 Å². The Hall–Kier alpha value is -1.66. The number of benzene rings is 2. The van der Waals surface area contributed by atoms with E-state index >= 15 is 0 Å². The zero-order valence-electron chi connectivity index (χ0n) is 10.3. The van der Waals surface area contributed by atoms with Crippen molar-refractivity contribution >= 4 is 27.3 Å². The highest BCUT2D eigenvalue weighted by Gasteiger charge is 2.11. The fraction of sp³-hybridized carbons (Fsp3) is 0.0769. The van der Waals surface area contributed by atoms with Crippen molar-refractivity contribution in [2.45, 2.75) is 0 Å². The van der Waals surface area contributed by atoms with E-state index in [2.05, 4.69) is 4.72 Å². The van der Waals surface area contributed by atoms with Gasteiger partial charge in [-0.15, -0.1) is 0 Å². The molecule has 1 N–H and O–H groups in total. The van der Waals surface area contributed by atoms with Gasteiger partial charge in [0.15, 0.2) is 0 Å². The van der Waals surface area contributed by atoms with E-state index in [1.807, 2.05) is 0 Å². The Morgan fingerprint density at radius 3 is 2.25 bits per heavy atom. The number of sulfonamides is 1. The van der Waals surface area contributed by atoms with Gasteiger partial charge in [0.05, 0.1) is 11.3 Å². The first-order valence-corrected chi connectivity index (χ1v) is 7.76. The summed E-state index contributed by atoms with van der Waals surface area (Å²) in [7, 11) is -3.42. The number of nitrogens with one attached hydrogen (secondary N) is 1. The van der Waals surface area contributed by atoms with Crippen LogP contribution < -0.4 is 4.72 Å². The zero-order valence-corrected chi connectivity index (χ0v) is 11.9. The van der Waals surface area contributed by atoms with E-state index in [0.717, 1.165) is 18.4 Å². The van der Waals surface area contributed by atoms with Crippen LogP contribution in [0.15, 0.2) is 36.4 Å². The molecular weight excluding hydrogens is 308 g/mol. The average molecular weight is 318 g/mol. The molecule has 0 heterocycles. The summed E-state index contributed by atoms with van der Waals surface area (Å²) in [6, 6.07) is 7.43. The molecule has 0 fully saturated rings. The minimum absolute atomic E-state index is 0.141. The van der Waals surface area contributed by atoms with Gasteiger partial charge in [-0.3, -0.25) is 4.72 Å². The predicted molar refractivity (Wildman–Crippen MR) is 75.3 cm³/mol. The molecule has 0 aliphatic carbocycles. The second kappa shape index (κ2) is 5.38. The molecule has 7 heteroatoms. The number of anilines is 1. The fourth-order valence-corrected chi connectivity index (χ4v) is 2.56. The molecular formula is C13H10ClF2NO2S. The average Bonchev–Trinajstić information content (AvgIpc) is 2.28. The van der Waals surface area contributed by atoms with Gasteiger partial charge >= 0.3 is 0 Å². The van der Waals surface area contributed by atoms with Crippen molar-refractivity contribution in [3.05, 3.63) is 53.1 Å². The molecule has 20 heavy (non-hydrogen) atoms. The Balaban J connectivity index is 2.44. The van der Waals surface area contributed by atoms with Crippen LogP contribution >= 0.6 is 11.6 Å². The van der Waals surface area contributed by atoms with Crippen molar-refractivity contribution in [1.29, 1.82) is 0 Å². The first kappa shape index (κ1) is 14.7. The molecule has 2 aromatic rings. The Morgan fingerprint density at radius 1 is 1.05 bits per heavy atom. The summed E-state index contributed by atoms with van der Waals surface area (Å²) in [5.74, 6) is -1.42. The van der Waals surface area contributed by atoms with Gasteiger partial charge in [0.2, 0.25) is 10.0 Å². The third-order valence-electron chi connectivity index (χ3n) is 2.49. The lowest BCUT2D eigenvalue weighted by Gasteiger charge is -2.09. The third kappa shape index (κ3) is 3.46. The highest BCUT2D eigenvalue weighted by molar-refractivity contribution is 7.92. The third-order valence-corrected chi connectivity index (χ3v) is 3.41. The standard InChI is InChI=1S/C13H10ClF2NO2S/c1-20(18,19)17-9-3-5-10(12(14)7-9)11-4-2-8(15)6-13(11)16/h2-7,17H,1H3. The van der Waals surface area contributed by atoms with Gasteiger partial charge < -0.3 is 0 Å². The van der Waals surface area contributed by atoms with E-state index in [9.17, 15) is 17.2 Å². The van der Waals surface area contributed by atoms with Crippen LogP contribution in [-0.4, -0.2) is 14.7 Å². The smallest absolute Gasteiger partial charge is 0.229 e. The van der Waals surface area contributed by atoms with Gasteiger partial charge in [-0.05, 0) is 24.3 Å². The van der Waals surface area contributed by atoms with Crippen molar-refractivity contribution in [2.24, 2.45) is 0 Å². The molecule has 2 aromatic carbocycles. The molecule has 0 saturated heterocycles. The van der Waals surface area contributed by atoms with E-state index in [1.54, 1.807) is 0 Å². The Bertz CT molecular complexity index is 763. The molecule has 0 spiro atoms. The van der Waals surface area contributed by atoms with Crippen LogP contribution in [0.5, 0.6) is 0 Å². The minimum Gasteiger partial charge on any atom is -0.284 e. The van der Waals surface area contributed by atoms with Crippen LogP contribution in [0.2, 0.25) is 5.02 Å². The molecule has 0 saturated carbocycles. The summed E-state index contributed by atoms with van der Waals surface area (Å²) in [5, 5.41) is 0.157. The molecule has 0 radical (unpaired) electrons. The quantitative estimate of drug-likeness (QED) is 0.939. The molecule has 106 valence electrons. The zero-order chi connectivity index (χ0) is 14.9. The van der Waals surface area contributed by atoms with Gasteiger partial charge in [0, 0.05) is 22.9 Å². The maximum Gasteiger partial charge on any atom is 0.229 e. The molecule has 0 atom stereocenters. The molecule has 0 bridgehead atoms. The summed E-state index contributed by atoms with van der Waals surface area (Å²) in [6.07, 6.45) is 1.01. The van der Waals surface area contributed by atoms with E-state index in [4.69, 9.17) is 11.6 Å². The van der Waals surface area contributed by atoms with Crippen molar-refractivity contribution in [3.63, 3.8) is 0 Å². The van der Waals surface area contributed by atoms with Crippen molar-refractivity contribution in [1.82, 2.24) is 0 Å². The maximum absolute atomic E-state index is 13.7. The highest BCUT2D eigenvalue weighted by atomic mass is 35.5. The van der Waals surface area contributed by atoms with Gasteiger partial charge in [-0.25, -0.2) is 17.2 Å². The van der Waals surface area contributed by atoms with E-state index < -0.39 is 21.7 Å². The van der Waals surface area contributed by atoms with E-state index in [1.165, 1.54) is 24.3 Å². The van der Waals surface area contributed by atoms with E-state index in [-0.39, 0.29) is 16.3 Å². The molecule has 0 aromatic heterocycles. The molecule has 2 rings (SSSR count). The van der Waals surface area contributed by atoms with Gasteiger partial charge in [0.25, 0.3) is 0 Å². The van der Waals surface area contributed by atoms with Crippen molar-refractivity contribution < 1.29 is 17.2 Å². The lowest BCUT2D eigenvalue weighted by Crippen LogP contribution is -2.09. The Morgan fingerprint density at radius 2 is 1.70 bits per heavy atom. The maximum atomic E-state index is 13.7. The monoisotopic (exact) mass is 317 g/mol. The normalized spacial score (nSPS) is 11.4. The minimum atomic E-state index is -3.42. The summed E-state index contributed by atoms with van der Waals surface area (Å²) >= 11 is 6.01. The molecule has 0 aliphatic rings. The second-order valence-corrected chi connectivity index (χ2v) is 6.35.